The van der Waals surface area contributed by atoms with Crippen molar-refractivity contribution in [3.8, 4) is 0 Å². The summed E-state index contributed by atoms with van der Waals surface area (Å²) < 4.78 is 33.1. The van der Waals surface area contributed by atoms with E-state index >= 15 is 0 Å². The molecule has 0 saturated carbocycles. The smallest absolute Gasteiger partial charge is 0.234 e. The predicted octanol–water partition coefficient (Wildman–Crippen LogP) is 5.01. The zero-order valence-electron chi connectivity index (χ0n) is 10.9. The molecule has 2 aromatic carbocycles. The lowest BCUT2D eigenvalue weighted by molar-refractivity contribution is 0.100. The van der Waals surface area contributed by atoms with Crippen LogP contribution in [0.3, 0.4) is 0 Å². The first-order chi connectivity index (χ1) is 9.97. The Labute approximate surface area is 127 Å². The lowest BCUT2D eigenvalue weighted by atomic mass is 10.1. The second-order valence-corrected chi connectivity index (χ2v) is 5.55. The summed E-state index contributed by atoms with van der Waals surface area (Å²) in [5.41, 5.74) is 0.877. The number of ketones is 1. The lowest BCUT2D eigenvalue weighted by Gasteiger charge is -2.03. The molecule has 0 aliphatic heterocycles. The molecule has 0 amide bonds. The Bertz CT molecular complexity index is 868. The predicted molar refractivity (Wildman–Crippen MR) is 78.4 cm³/mol. The van der Waals surface area contributed by atoms with Crippen LogP contribution in [0.2, 0.25) is 0 Å². The number of carbonyl (C=O) groups excluding carboxylic acids is 1. The number of carbonyl (C=O) groups is 1. The summed E-state index contributed by atoms with van der Waals surface area (Å²) in [5, 5.41) is 0.717. The Kier molecular flexibility index (Phi) is 3.37. The van der Waals surface area contributed by atoms with Crippen LogP contribution in [-0.2, 0) is 0 Å². The second kappa shape index (κ2) is 5.07. The highest BCUT2D eigenvalue weighted by atomic mass is 79.9. The molecule has 106 valence electrons. The number of fused-ring (bicyclic) bond motifs is 1. The van der Waals surface area contributed by atoms with E-state index in [1.165, 1.54) is 12.1 Å². The van der Waals surface area contributed by atoms with Crippen LogP contribution in [-0.4, -0.2) is 5.78 Å². The SMILES string of the molecule is Cc1ccc2oc(C(=O)c3c(F)ccc(Br)c3F)cc2c1. The molecule has 5 heteroatoms. The van der Waals surface area contributed by atoms with Crippen molar-refractivity contribution >= 4 is 32.7 Å². The molecule has 3 aromatic rings. The summed E-state index contributed by atoms with van der Waals surface area (Å²) in [6.45, 7) is 1.90. The quantitative estimate of drug-likeness (QED) is 0.480. The van der Waals surface area contributed by atoms with Crippen LogP contribution >= 0.6 is 15.9 Å². The van der Waals surface area contributed by atoms with E-state index < -0.39 is 23.0 Å². The molecule has 0 bridgehead atoms. The zero-order valence-corrected chi connectivity index (χ0v) is 12.5. The minimum atomic E-state index is -0.934. The summed E-state index contributed by atoms with van der Waals surface area (Å²) in [7, 11) is 0. The van der Waals surface area contributed by atoms with Crippen LogP contribution < -0.4 is 0 Å². The highest BCUT2D eigenvalue weighted by Gasteiger charge is 2.24. The largest absolute Gasteiger partial charge is 0.453 e. The molecule has 0 atom stereocenters. The van der Waals surface area contributed by atoms with Gasteiger partial charge in [0.2, 0.25) is 5.78 Å². The van der Waals surface area contributed by atoms with E-state index in [1.54, 1.807) is 6.07 Å². The van der Waals surface area contributed by atoms with Gasteiger partial charge in [-0.05, 0) is 53.2 Å². The van der Waals surface area contributed by atoms with Crippen LogP contribution in [0.1, 0.15) is 21.7 Å². The number of hydrogen-bond donors (Lipinski definition) is 0. The maximum Gasteiger partial charge on any atom is 0.234 e. The zero-order chi connectivity index (χ0) is 15.1. The average Bonchev–Trinajstić information content (AvgIpc) is 2.86. The summed E-state index contributed by atoms with van der Waals surface area (Å²) in [5.74, 6) is -2.76. The number of aryl methyl sites for hydroxylation is 1. The Morgan fingerprint density at radius 1 is 1.14 bits per heavy atom. The number of furan rings is 1. The third-order valence-electron chi connectivity index (χ3n) is 3.17. The van der Waals surface area contributed by atoms with Crippen molar-refractivity contribution in [1.82, 2.24) is 0 Å². The Balaban J connectivity index is 2.15. The first-order valence-corrected chi connectivity index (χ1v) is 6.95. The van der Waals surface area contributed by atoms with Gasteiger partial charge in [-0.3, -0.25) is 4.79 Å². The van der Waals surface area contributed by atoms with Gasteiger partial charge in [0.05, 0.1) is 10.0 Å². The molecule has 21 heavy (non-hydrogen) atoms. The van der Waals surface area contributed by atoms with Gasteiger partial charge in [-0.15, -0.1) is 0 Å². The molecule has 0 aliphatic rings. The fraction of sp³-hybridized carbons (Fsp3) is 0.0625. The monoisotopic (exact) mass is 350 g/mol. The van der Waals surface area contributed by atoms with Gasteiger partial charge >= 0.3 is 0 Å². The minimum absolute atomic E-state index is 0.0270. The molecule has 1 aromatic heterocycles. The maximum atomic E-state index is 14.0. The van der Waals surface area contributed by atoms with Crippen LogP contribution in [0.4, 0.5) is 8.78 Å². The lowest BCUT2D eigenvalue weighted by Crippen LogP contribution is -2.07. The molecule has 2 nitrogen and oxygen atoms in total. The Hall–Kier alpha value is -2.01. The summed E-state index contributed by atoms with van der Waals surface area (Å²) in [4.78, 5) is 12.3. The van der Waals surface area contributed by atoms with Crippen molar-refractivity contribution in [1.29, 1.82) is 0 Å². The van der Waals surface area contributed by atoms with E-state index in [1.807, 2.05) is 19.1 Å². The fourth-order valence-electron chi connectivity index (χ4n) is 2.13. The van der Waals surface area contributed by atoms with Crippen LogP contribution in [0.5, 0.6) is 0 Å². The number of hydrogen-bond acceptors (Lipinski definition) is 2. The molecule has 0 radical (unpaired) electrons. The first kappa shape index (κ1) is 13.9. The fourth-order valence-corrected chi connectivity index (χ4v) is 2.46. The summed E-state index contributed by atoms with van der Waals surface area (Å²) in [6, 6.07) is 9.12. The number of benzene rings is 2. The van der Waals surface area contributed by atoms with Crippen molar-refractivity contribution in [3.63, 3.8) is 0 Å². The molecule has 0 spiro atoms. The van der Waals surface area contributed by atoms with Crippen molar-refractivity contribution in [2.75, 3.05) is 0 Å². The molecular formula is C16H9BrF2O2. The van der Waals surface area contributed by atoms with E-state index in [-0.39, 0.29) is 10.2 Å². The van der Waals surface area contributed by atoms with Gasteiger partial charge in [-0.2, -0.15) is 0 Å². The maximum absolute atomic E-state index is 14.0. The van der Waals surface area contributed by atoms with Crippen LogP contribution in [0.25, 0.3) is 11.0 Å². The minimum Gasteiger partial charge on any atom is -0.453 e. The van der Waals surface area contributed by atoms with E-state index in [9.17, 15) is 13.6 Å². The molecule has 0 unspecified atom stereocenters. The van der Waals surface area contributed by atoms with Gasteiger partial charge in [-0.25, -0.2) is 8.78 Å². The van der Waals surface area contributed by atoms with E-state index in [0.717, 1.165) is 11.6 Å². The number of halogens is 3. The third kappa shape index (κ3) is 2.38. The van der Waals surface area contributed by atoms with Gasteiger partial charge < -0.3 is 4.42 Å². The molecule has 0 N–H and O–H groups in total. The topological polar surface area (TPSA) is 30.2 Å². The highest BCUT2D eigenvalue weighted by molar-refractivity contribution is 9.10. The van der Waals surface area contributed by atoms with Gasteiger partial charge in [0.15, 0.2) is 11.6 Å². The highest BCUT2D eigenvalue weighted by Crippen LogP contribution is 2.27. The molecule has 3 rings (SSSR count). The normalized spacial score (nSPS) is 11.0. The van der Waals surface area contributed by atoms with Gasteiger partial charge in [0.1, 0.15) is 11.4 Å². The van der Waals surface area contributed by atoms with Gasteiger partial charge in [0.25, 0.3) is 0 Å². The van der Waals surface area contributed by atoms with Crippen LogP contribution in [0.15, 0.2) is 45.3 Å². The van der Waals surface area contributed by atoms with Gasteiger partial charge in [0, 0.05) is 5.39 Å². The third-order valence-corrected chi connectivity index (χ3v) is 3.78. The molecule has 1 heterocycles. The van der Waals surface area contributed by atoms with Crippen molar-refractivity contribution < 1.29 is 18.0 Å². The summed E-state index contributed by atoms with van der Waals surface area (Å²) in [6.07, 6.45) is 0. The van der Waals surface area contributed by atoms with E-state index in [0.29, 0.717) is 11.0 Å². The van der Waals surface area contributed by atoms with E-state index in [2.05, 4.69) is 15.9 Å². The van der Waals surface area contributed by atoms with Crippen molar-refractivity contribution in [2.24, 2.45) is 0 Å². The molecular weight excluding hydrogens is 342 g/mol. The first-order valence-electron chi connectivity index (χ1n) is 6.16. The van der Waals surface area contributed by atoms with E-state index in [4.69, 9.17) is 4.42 Å². The van der Waals surface area contributed by atoms with Gasteiger partial charge in [-0.1, -0.05) is 11.6 Å². The molecule has 0 fully saturated rings. The standard InChI is InChI=1S/C16H9BrF2O2/c1-8-2-5-12-9(6-8)7-13(21-12)16(20)14-11(18)4-3-10(17)15(14)19/h2-7H,1H3. The number of rotatable bonds is 2. The Morgan fingerprint density at radius 3 is 2.67 bits per heavy atom. The molecule has 0 aliphatic carbocycles. The molecule has 0 saturated heterocycles. The average molecular weight is 351 g/mol. The van der Waals surface area contributed by atoms with Crippen molar-refractivity contribution in [3.05, 3.63) is 69.4 Å². The van der Waals surface area contributed by atoms with Crippen LogP contribution in [0, 0.1) is 18.6 Å². The second-order valence-electron chi connectivity index (χ2n) is 4.70. The summed E-state index contributed by atoms with van der Waals surface area (Å²) >= 11 is 2.94. The Morgan fingerprint density at radius 2 is 1.90 bits per heavy atom. The van der Waals surface area contributed by atoms with Crippen molar-refractivity contribution in [2.45, 2.75) is 6.92 Å².